The lowest BCUT2D eigenvalue weighted by molar-refractivity contribution is -0.115. The molecule has 0 saturated carbocycles. The first-order valence-electron chi connectivity index (χ1n) is 7.28. The van der Waals surface area contributed by atoms with Crippen LogP contribution in [0.25, 0.3) is 0 Å². The molecule has 1 aliphatic rings. The van der Waals surface area contributed by atoms with E-state index in [4.69, 9.17) is 0 Å². The minimum atomic E-state index is -4.67. The molecule has 0 aromatic heterocycles. The van der Waals surface area contributed by atoms with E-state index in [0.29, 0.717) is 5.69 Å². The molecule has 25 heavy (non-hydrogen) atoms. The van der Waals surface area contributed by atoms with Crippen LogP contribution in [0.2, 0.25) is 0 Å². The SMILES string of the molecule is CC(=O)CNc1cccc2c1C(=O)c1cccc(S(=O)(=O)O)c1C2=O. The Labute approximate surface area is 143 Å². The van der Waals surface area contributed by atoms with Crippen LogP contribution in [0.3, 0.4) is 0 Å². The maximum atomic E-state index is 12.8. The van der Waals surface area contributed by atoms with Gasteiger partial charge in [-0.3, -0.25) is 18.9 Å². The number of carbonyl (C=O) groups excluding carboxylic acids is 3. The summed E-state index contributed by atoms with van der Waals surface area (Å²) in [5.41, 5.74) is -0.0410. The van der Waals surface area contributed by atoms with Gasteiger partial charge in [0.2, 0.25) is 0 Å². The van der Waals surface area contributed by atoms with Gasteiger partial charge in [-0.25, -0.2) is 0 Å². The minimum Gasteiger partial charge on any atom is -0.377 e. The molecule has 7 nitrogen and oxygen atoms in total. The number of ketones is 3. The number of Topliss-reactive ketones (excluding diaryl/α,β-unsaturated/α-hetero) is 1. The maximum absolute atomic E-state index is 12.8. The van der Waals surface area contributed by atoms with E-state index in [1.165, 1.54) is 31.2 Å². The van der Waals surface area contributed by atoms with Crippen molar-refractivity contribution in [2.24, 2.45) is 0 Å². The number of hydrogen-bond acceptors (Lipinski definition) is 6. The van der Waals surface area contributed by atoms with Gasteiger partial charge in [-0.05, 0) is 19.1 Å². The summed E-state index contributed by atoms with van der Waals surface area (Å²) in [7, 11) is -4.67. The molecule has 8 heteroatoms. The van der Waals surface area contributed by atoms with Crippen LogP contribution in [0.1, 0.15) is 38.8 Å². The molecule has 0 amide bonds. The molecule has 0 fully saturated rings. The third kappa shape index (κ3) is 2.86. The fourth-order valence-corrected chi connectivity index (χ4v) is 3.50. The number of hydrogen-bond donors (Lipinski definition) is 2. The van der Waals surface area contributed by atoms with Gasteiger partial charge in [0.1, 0.15) is 10.7 Å². The Morgan fingerprint density at radius 2 is 1.56 bits per heavy atom. The topological polar surface area (TPSA) is 118 Å². The molecule has 0 unspecified atom stereocenters. The summed E-state index contributed by atoms with van der Waals surface area (Å²) in [5, 5.41) is 2.81. The lowest BCUT2D eigenvalue weighted by atomic mass is 9.83. The Hall–Kier alpha value is -2.84. The number of rotatable bonds is 4. The molecule has 0 saturated heterocycles. The number of fused-ring (bicyclic) bond motifs is 2. The van der Waals surface area contributed by atoms with Gasteiger partial charge >= 0.3 is 0 Å². The van der Waals surface area contributed by atoms with Gasteiger partial charge in [-0.2, -0.15) is 8.42 Å². The second kappa shape index (κ2) is 5.91. The van der Waals surface area contributed by atoms with Gasteiger partial charge in [-0.1, -0.05) is 24.3 Å². The number of anilines is 1. The molecule has 1 aliphatic carbocycles. The van der Waals surface area contributed by atoms with Crippen LogP contribution in [0.5, 0.6) is 0 Å². The van der Waals surface area contributed by atoms with Crippen LogP contribution in [0, 0.1) is 0 Å². The molecular weight excluding hydrogens is 346 g/mol. The summed E-state index contributed by atoms with van der Waals surface area (Å²) in [6.07, 6.45) is 0. The molecule has 128 valence electrons. The summed E-state index contributed by atoms with van der Waals surface area (Å²) in [6, 6.07) is 8.16. The van der Waals surface area contributed by atoms with E-state index in [1.807, 2.05) is 0 Å². The van der Waals surface area contributed by atoms with Gasteiger partial charge in [-0.15, -0.1) is 0 Å². The first kappa shape index (κ1) is 17.0. The smallest absolute Gasteiger partial charge is 0.295 e. The van der Waals surface area contributed by atoms with Crippen molar-refractivity contribution in [2.75, 3.05) is 11.9 Å². The normalized spacial score (nSPS) is 13.2. The third-order valence-electron chi connectivity index (χ3n) is 3.84. The Balaban J connectivity index is 2.24. The summed E-state index contributed by atoms with van der Waals surface area (Å²) >= 11 is 0. The zero-order valence-electron chi connectivity index (χ0n) is 13.1. The number of carbonyl (C=O) groups is 3. The number of nitrogens with one attached hydrogen (secondary N) is 1. The van der Waals surface area contributed by atoms with E-state index < -0.39 is 26.6 Å². The quantitative estimate of drug-likeness (QED) is 0.681. The predicted octanol–water partition coefficient (Wildman–Crippen LogP) is 1.71. The summed E-state index contributed by atoms with van der Waals surface area (Å²) < 4.78 is 32.5. The fourth-order valence-electron chi connectivity index (χ4n) is 2.79. The van der Waals surface area contributed by atoms with Crippen LogP contribution in [0.4, 0.5) is 5.69 Å². The van der Waals surface area contributed by atoms with Crippen LogP contribution >= 0.6 is 0 Å². The standard InChI is InChI=1S/C17H13NO6S/c1-9(19)8-18-12-6-2-4-10-14(12)16(20)11-5-3-7-13(25(22,23)24)15(11)17(10)21/h2-7,18H,8H2,1H3,(H,22,23,24). The van der Waals surface area contributed by atoms with Gasteiger partial charge in [0, 0.05) is 16.8 Å². The summed E-state index contributed by atoms with van der Waals surface area (Å²) in [4.78, 5) is 36.2. The Bertz CT molecular complexity index is 1040. The predicted molar refractivity (Wildman–Crippen MR) is 88.7 cm³/mol. The molecule has 2 N–H and O–H groups in total. The van der Waals surface area contributed by atoms with Crippen molar-refractivity contribution in [2.45, 2.75) is 11.8 Å². The van der Waals surface area contributed by atoms with E-state index in [0.717, 1.165) is 6.07 Å². The van der Waals surface area contributed by atoms with Crippen LogP contribution in [0.15, 0.2) is 41.3 Å². The molecule has 0 aliphatic heterocycles. The second-order valence-corrected chi connectivity index (χ2v) is 6.99. The van der Waals surface area contributed by atoms with Crippen molar-refractivity contribution in [3.63, 3.8) is 0 Å². The molecule has 0 radical (unpaired) electrons. The van der Waals surface area contributed by atoms with Crippen LogP contribution in [-0.2, 0) is 14.9 Å². The van der Waals surface area contributed by atoms with Crippen LogP contribution in [-0.4, -0.2) is 36.9 Å². The first-order valence-corrected chi connectivity index (χ1v) is 8.72. The number of benzene rings is 2. The average molecular weight is 359 g/mol. The van der Waals surface area contributed by atoms with Crippen molar-refractivity contribution in [3.8, 4) is 0 Å². The lowest BCUT2D eigenvalue weighted by Gasteiger charge is -2.21. The van der Waals surface area contributed by atoms with Crippen molar-refractivity contribution >= 4 is 33.2 Å². The molecule has 0 atom stereocenters. The Morgan fingerprint density at radius 3 is 2.16 bits per heavy atom. The third-order valence-corrected chi connectivity index (χ3v) is 4.74. The molecular formula is C17H13NO6S. The lowest BCUT2D eigenvalue weighted by Crippen LogP contribution is -2.25. The Morgan fingerprint density at radius 1 is 1.00 bits per heavy atom. The highest BCUT2D eigenvalue weighted by molar-refractivity contribution is 7.86. The minimum absolute atomic E-state index is 0.0159. The van der Waals surface area contributed by atoms with Gasteiger partial charge in [0.25, 0.3) is 10.1 Å². The fraction of sp³-hybridized carbons (Fsp3) is 0.118. The van der Waals surface area contributed by atoms with Crippen molar-refractivity contribution in [1.29, 1.82) is 0 Å². The zero-order valence-corrected chi connectivity index (χ0v) is 13.9. The van der Waals surface area contributed by atoms with Crippen molar-refractivity contribution < 1.29 is 27.4 Å². The highest BCUT2D eigenvalue weighted by Gasteiger charge is 2.35. The molecule has 0 heterocycles. The monoisotopic (exact) mass is 359 g/mol. The maximum Gasteiger partial charge on any atom is 0.295 e. The highest BCUT2D eigenvalue weighted by Crippen LogP contribution is 2.34. The van der Waals surface area contributed by atoms with E-state index in [-0.39, 0.29) is 34.6 Å². The Kier molecular flexibility index (Phi) is 4.02. The van der Waals surface area contributed by atoms with E-state index in [9.17, 15) is 27.4 Å². The summed E-state index contributed by atoms with van der Waals surface area (Å²) in [5.74, 6) is -1.38. The van der Waals surface area contributed by atoms with E-state index >= 15 is 0 Å². The van der Waals surface area contributed by atoms with Gasteiger partial charge in [0.05, 0.1) is 17.7 Å². The first-order chi connectivity index (χ1) is 11.7. The zero-order chi connectivity index (χ0) is 18.4. The van der Waals surface area contributed by atoms with E-state index in [2.05, 4.69) is 5.32 Å². The van der Waals surface area contributed by atoms with Crippen molar-refractivity contribution in [1.82, 2.24) is 0 Å². The van der Waals surface area contributed by atoms with Gasteiger partial charge < -0.3 is 5.32 Å². The molecule has 3 rings (SSSR count). The van der Waals surface area contributed by atoms with Crippen molar-refractivity contribution in [3.05, 3.63) is 58.7 Å². The average Bonchev–Trinajstić information content (AvgIpc) is 2.56. The van der Waals surface area contributed by atoms with E-state index in [1.54, 1.807) is 6.07 Å². The molecule has 0 bridgehead atoms. The molecule has 2 aromatic rings. The second-order valence-electron chi connectivity index (χ2n) is 5.60. The van der Waals surface area contributed by atoms with Gasteiger partial charge in [0.15, 0.2) is 11.6 Å². The largest absolute Gasteiger partial charge is 0.377 e. The van der Waals surface area contributed by atoms with Crippen LogP contribution < -0.4 is 5.32 Å². The summed E-state index contributed by atoms with van der Waals surface area (Å²) in [6.45, 7) is 1.36. The molecule has 2 aromatic carbocycles. The highest BCUT2D eigenvalue weighted by atomic mass is 32.2. The molecule has 0 spiro atoms.